The second-order valence-corrected chi connectivity index (χ2v) is 6.46. The first kappa shape index (κ1) is 17.2. The van der Waals surface area contributed by atoms with Gasteiger partial charge in [0.25, 0.3) is 0 Å². The van der Waals surface area contributed by atoms with E-state index in [9.17, 15) is 18.0 Å². The van der Waals surface area contributed by atoms with E-state index in [0.717, 1.165) is 10.5 Å². The van der Waals surface area contributed by atoms with E-state index in [1.807, 2.05) is 42.2 Å². The van der Waals surface area contributed by atoms with Crippen LogP contribution in [0, 0.1) is 0 Å². The number of carbonyl (C=O) groups excluding carboxylic acids is 1. The number of ether oxygens (including phenoxy) is 1. The Kier molecular flexibility index (Phi) is 4.83. The maximum atomic E-state index is 12.6. The van der Waals surface area contributed by atoms with Crippen molar-refractivity contribution in [3.05, 3.63) is 35.9 Å². The highest BCUT2D eigenvalue weighted by Gasteiger charge is 2.44. The Labute approximate surface area is 139 Å². The Morgan fingerprint density at radius 3 is 2.62 bits per heavy atom. The largest absolute Gasteiger partial charge is 0.406 e. The van der Waals surface area contributed by atoms with Crippen LogP contribution in [0.4, 0.5) is 13.2 Å². The van der Waals surface area contributed by atoms with Gasteiger partial charge in [0.15, 0.2) is 0 Å². The molecule has 0 bridgehead atoms. The molecule has 0 saturated carbocycles. The van der Waals surface area contributed by atoms with Crippen LogP contribution in [0.1, 0.15) is 25.0 Å². The lowest BCUT2D eigenvalue weighted by atomic mass is 10.0. The normalized spacial score (nSPS) is 29.2. The van der Waals surface area contributed by atoms with Crippen molar-refractivity contribution in [2.75, 3.05) is 26.2 Å². The number of alkyl halides is 3. The number of halogens is 3. The number of nitrogens with zero attached hydrogens (tertiary/aromatic N) is 2. The number of amides is 1. The van der Waals surface area contributed by atoms with Crippen molar-refractivity contribution in [2.24, 2.45) is 0 Å². The summed E-state index contributed by atoms with van der Waals surface area (Å²) in [4.78, 5) is 15.3. The number of hydrogen-bond acceptors (Lipinski definition) is 3. The Morgan fingerprint density at radius 2 is 1.96 bits per heavy atom. The van der Waals surface area contributed by atoms with Gasteiger partial charge in [-0.25, -0.2) is 0 Å². The molecule has 2 aliphatic heterocycles. The topological polar surface area (TPSA) is 32.8 Å². The molecule has 2 aliphatic rings. The molecule has 0 unspecified atom stereocenters. The average molecular weight is 342 g/mol. The monoisotopic (exact) mass is 342 g/mol. The molecule has 1 aromatic carbocycles. The Bertz CT molecular complexity index is 579. The third kappa shape index (κ3) is 3.72. The van der Waals surface area contributed by atoms with Gasteiger partial charge in [0, 0.05) is 19.1 Å². The summed E-state index contributed by atoms with van der Waals surface area (Å²) in [6, 6.07) is 9.21. The SMILES string of the molecule is C[C@@H]1CO[C@H](c2ccccc2)CN1[C@@H]1CCN(CC(F)(F)F)C1=O. The van der Waals surface area contributed by atoms with Crippen molar-refractivity contribution in [1.82, 2.24) is 9.80 Å². The lowest BCUT2D eigenvalue weighted by Gasteiger charge is -2.41. The molecule has 2 fully saturated rings. The molecule has 2 saturated heterocycles. The third-order valence-electron chi connectivity index (χ3n) is 4.69. The summed E-state index contributed by atoms with van der Waals surface area (Å²) < 4.78 is 43.6. The van der Waals surface area contributed by atoms with Crippen molar-refractivity contribution < 1.29 is 22.7 Å². The summed E-state index contributed by atoms with van der Waals surface area (Å²) in [5.41, 5.74) is 1.02. The molecule has 0 radical (unpaired) electrons. The van der Waals surface area contributed by atoms with Crippen molar-refractivity contribution in [3.63, 3.8) is 0 Å². The van der Waals surface area contributed by atoms with Crippen LogP contribution in [0.15, 0.2) is 30.3 Å². The van der Waals surface area contributed by atoms with Gasteiger partial charge in [-0.3, -0.25) is 9.69 Å². The first-order valence-corrected chi connectivity index (χ1v) is 8.13. The standard InChI is InChI=1S/C17H21F3N2O2/c1-12-10-24-15(13-5-3-2-4-6-13)9-22(12)14-7-8-21(16(14)23)11-17(18,19)20/h2-6,12,14-15H,7-11H2,1H3/t12-,14-,15+/m1/s1. The fraction of sp³-hybridized carbons (Fsp3) is 0.588. The Hall–Kier alpha value is -1.60. The van der Waals surface area contributed by atoms with E-state index < -0.39 is 24.7 Å². The minimum atomic E-state index is -4.35. The average Bonchev–Trinajstić information content (AvgIpc) is 2.88. The van der Waals surface area contributed by atoms with Gasteiger partial charge in [-0.1, -0.05) is 30.3 Å². The van der Waals surface area contributed by atoms with Gasteiger partial charge < -0.3 is 9.64 Å². The zero-order chi connectivity index (χ0) is 17.3. The molecule has 0 N–H and O–H groups in total. The van der Waals surface area contributed by atoms with Crippen molar-refractivity contribution in [2.45, 2.75) is 37.7 Å². The third-order valence-corrected chi connectivity index (χ3v) is 4.69. The first-order valence-electron chi connectivity index (χ1n) is 8.13. The predicted octanol–water partition coefficient (Wildman–Crippen LogP) is 2.61. The van der Waals surface area contributed by atoms with Gasteiger partial charge >= 0.3 is 6.18 Å². The Balaban J connectivity index is 1.70. The minimum absolute atomic E-state index is 0.00440. The highest BCUT2D eigenvalue weighted by molar-refractivity contribution is 5.84. The van der Waals surface area contributed by atoms with E-state index in [1.54, 1.807) is 0 Å². The van der Waals surface area contributed by atoms with Crippen LogP contribution in [0.5, 0.6) is 0 Å². The molecule has 4 nitrogen and oxygen atoms in total. The van der Waals surface area contributed by atoms with Gasteiger partial charge in [0.2, 0.25) is 5.91 Å². The van der Waals surface area contributed by atoms with Crippen LogP contribution in [-0.2, 0) is 9.53 Å². The maximum absolute atomic E-state index is 12.6. The molecule has 3 atom stereocenters. The van der Waals surface area contributed by atoms with Crippen LogP contribution < -0.4 is 0 Å². The molecule has 132 valence electrons. The number of carbonyl (C=O) groups is 1. The molecule has 3 rings (SSSR count). The lowest BCUT2D eigenvalue weighted by Crippen LogP contribution is -2.53. The number of hydrogen-bond donors (Lipinski definition) is 0. The van der Waals surface area contributed by atoms with E-state index in [-0.39, 0.29) is 18.7 Å². The number of likely N-dealkylation sites (tertiary alicyclic amines) is 1. The van der Waals surface area contributed by atoms with Crippen molar-refractivity contribution in [3.8, 4) is 0 Å². The zero-order valence-corrected chi connectivity index (χ0v) is 13.5. The minimum Gasteiger partial charge on any atom is -0.371 e. The van der Waals surface area contributed by atoms with Gasteiger partial charge in [-0.05, 0) is 18.9 Å². The van der Waals surface area contributed by atoms with Crippen molar-refractivity contribution in [1.29, 1.82) is 0 Å². The summed E-state index contributed by atoms with van der Waals surface area (Å²) in [7, 11) is 0. The summed E-state index contributed by atoms with van der Waals surface area (Å²) in [6.45, 7) is 1.91. The highest BCUT2D eigenvalue weighted by atomic mass is 19.4. The van der Waals surface area contributed by atoms with Gasteiger partial charge in [0.1, 0.15) is 6.54 Å². The predicted molar refractivity (Wildman–Crippen MR) is 82.3 cm³/mol. The summed E-state index contributed by atoms with van der Waals surface area (Å²) >= 11 is 0. The van der Waals surface area contributed by atoms with Crippen LogP contribution in [0.25, 0.3) is 0 Å². The summed E-state index contributed by atoms with van der Waals surface area (Å²) in [6.07, 6.45) is -4.08. The van der Waals surface area contributed by atoms with Gasteiger partial charge in [0.05, 0.1) is 18.8 Å². The quantitative estimate of drug-likeness (QED) is 0.847. The molecule has 7 heteroatoms. The fourth-order valence-electron chi connectivity index (χ4n) is 3.48. The second-order valence-electron chi connectivity index (χ2n) is 6.46. The smallest absolute Gasteiger partial charge is 0.371 e. The molecule has 24 heavy (non-hydrogen) atoms. The van der Waals surface area contributed by atoms with E-state index >= 15 is 0 Å². The molecule has 0 aromatic heterocycles. The van der Waals surface area contributed by atoms with E-state index in [2.05, 4.69) is 0 Å². The highest BCUT2D eigenvalue weighted by Crippen LogP contribution is 2.30. The number of benzene rings is 1. The van der Waals surface area contributed by atoms with Crippen LogP contribution >= 0.6 is 0 Å². The first-order chi connectivity index (χ1) is 11.3. The molecule has 1 amide bonds. The number of morpholine rings is 1. The lowest BCUT2D eigenvalue weighted by molar-refractivity contribution is -0.161. The summed E-state index contributed by atoms with van der Waals surface area (Å²) in [5, 5.41) is 0. The van der Waals surface area contributed by atoms with E-state index in [4.69, 9.17) is 4.74 Å². The molecular weight excluding hydrogens is 321 g/mol. The van der Waals surface area contributed by atoms with E-state index in [0.29, 0.717) is 19.6 Å². The van der Waals surface area contributed by atoms with Gasteiger partial charge in [-0.15, -0.1) is 0 Å². The molecule has 2 heterocycles. The zero-order valence-electron chi connectivity index (χ0n) is 13.5. The van der Waals surface area contributed by atoms with Gasteiger partial charge in [-0.2, -0.15) is 13.2 Å². The number of rotatable bonds is 3. The second kappa shape index (κ2) is 6.72. The summed E-state index contributed by atoms with van der Waals surface area (Å²) in [5.74, 6) is -0.423. The van der Waals surface area contributed by atoms with E-state index in [1.165, 1.54) is 0 Å². The molecule has 0 aliphatic carbocycles. The Morgan fingerprint density at radius 1 is 1.25 bits per heavy atom. The van der Waals surface area contributed by atoms with Crippen LogP contribution in [0.3, 0.4) is 0 Å². The molecular formula is C17H21F3N2O2. The van der Waals surface area contributed by atoms with Crippen molar-refractivity contribution >= 4 is 5.91 Å². The molecule has 1 aromatic rings. The molecule has 0 spiro atoms. The van der Waals surface area contributed by atoms with Crippen LogP contribution in [-0.4, -0.2) is 60.2 Å². The van der Waals surface area contributed by atoms with Crippen LogP contribution in [0.2, 0.25) is 0 Å². The maximum Gasteiger partial charge on any atom is 0.406 e. The fourth-order valence-corrected chi connectivity index (χ4v) is 3.48.